The number of imidazole rings is 1. The SMILES string of the molecule is Cc1cccc(C(C#N)(Cc2c[nH]cn2)C(C)C)c1. The van der Waals surface area contributed by atoms with Crippen LogP contribution in [-0.4, -0.2) is 9.97 Å². The van der Waals surface area contributed by atoms with E-state index >= 15 is 0 Å². The van der Waals surface area contributed by atoms with Crippen LogP contribution in [0.2, 0.25) is 0 Å². The third-order valence-corrected chi connectivity index (χ3v) is 3.73. The molecule has 0 aliphatic carbocycles. The average Bonchev–Trinajstić information content (AvgIpc) is 2.88. The van der Waals surface area contributed by atoms with Crippen molar-refractivity contribution in [2.24, 2.45) is 5.92 Å². The summed E-state index contributed by atoms with van der Waals surface area (Å²) in [5, 5.41) is 9.80. The number of hydrogen-bond donors (Lipinski definition) is 1. The van der Waals surface area contributed by atoms with Crippen molar-refractivity contribution in [1.82, 2.24) is 9.97 Å². The summed E-state index contributed by atoms with van der Waals surface area (Å²) in [6.07, 6.45) is 4.16. The van der Waals surface area contributed by atoms with Crippen LogP contribution in [0.4, 0.5) is 0 Å². The van der Waals surface area contributed by atoms with Gasteiger partial charge in [-0.15, -0.1) is 0 Å². The lowest BCUT2D eigenvalue weighted by molar-refractivity contribution is 0.389. The van der Waals surface area contributed by atoms with Crippen LogP contribution in [0.3, 0.4) is 0 Å². The minimum Gasteiger partial charge on any atom is -0.351 e. The van der Waals surface area contributed by atoms with Gasteiger partial charge in [0.15, 0.2) is 0 Å². The second-order valence-electron chi connectivity index (χ2n) is 5.34. The lowest BCUT2D eigenvalue weighted by Gasteiger charge is -2.31. The Labute approximate surface area is 114 Å². The first-order valence-electron chi connectivity index (χ1n) is 6.54. The molecule has 3 nitrogen and oxygen atoms in total. The van der Waals surface area contributed by atoms with Gasteiger partial charge in [-0.3, -0.25) is 0 Å². The normalized spacial score (nSPS) is 14.1. The van der Waals surface area contributed by atoms with Crippen molar-refractivity contribution in [3.05, 3.63) is 53.6 Å². The molecular weight excluding hydrogens is 234 g/mol. The zero-order chi connectivity index (χ0) is 13.9. The summed E-state index contributed by atoms with van der Waals surface area (Å²) in [5.74, 6) is 0.219. The summed E-state index contributed by atoms with van der Waals surface area (Å²) >= 11 is 0. The zero-order valence-electron chi connectivity index (χ0n) is 11.6. The van der Waals surface area contributed by atoms with E-state index in [9.17, 15) is 5.26 Å². The molecule has 0 bridgehead atoms. The lowest BCUT2D eigenvalue weighted by Crippen LogP contribution is -2.33. The Kier molecular flexibility index (Phi) is 3.71. The number of benzene rings is 1. The van der Waals surface area contributed by atoms with E-state index in [0.717, 1.165) is 11.3 Å². The number of aromatic amines is 1. The molecule has 1 unspecified atom stereocenters. The molecule has 0 spiro atoms. The number of H-pyrrole nitrogens is 1. The Morgan fingerprint density at radius 2 is 2.21 bits per heavy atom. The predicted octanol–water partition coefficient (Wildman–Crippen LogP) is 3.38. The van der Waals surface area contributed by atoms with E-state index in [0.29, 0.717) is 6.42 Å². The summed E-state index contributed by atoms with van der Waals surface area (Å²) in [4.78, 5) is 7.23. The fourth-order valence-electron chi connectivity index (χ4n) is 2.47. The van der Waals surface area contributed by atoms with E-state index in [1.54, 1.807) is 6.33 Å². The molecule has 0 radical (unpaired) electrons. The van der Waals surface area contributed by atoms with Crippen molar-refractivity contribution in [3.8, 4) is 6.07 Å². The van der Waals surface area contributed by atoms with Crippen LogP contribution in [0, 0.1) is 24.2 Å². The quantitative estimate of drug-likeness (QED) is 0.908. The summed E-state index contributed by atoms with van der Waals surface area (Å²) in [7, 11) is 0. The first-order valence-corrected chi connectivity index (χ1v) is 6.54. The third-order valence-electron chi connectivity index (χ3n) is 3.73. The smallest absolute Gasteiger partial charge is 0.0923 e. The third kappa shape index (κ3) is 2.53. The van der Waals surface area contributed by atoms with Crippen LogP contribution in [0.1, 0.15) is 30.7 Å². The molecule has 0 aliphatic rings. The van der Waals surface area contributed by atoms with Crippen molar-refractivity contribution in [3.63, 3.8) is 0 Å². The number of hydrogen-bond acceptors (Lipinski definition) is 2. The van der Waals surface area contributed by atoms with Gasteiger partial charge in [0.05, 0.1) is 23.5 Å². The van der Waals surface area contributed by atoms with E-state index in [-0.39, 0.29) is 5.92 Å². The van der Waals surface area contributed by atoms with Crippen LogP contribution >= 0.6 is 0 Å². The molecule has 1 N–H and O–H groups in total. The highest BCUT2D eigenvalue weighted by Gasteiger charge is 2.36. The summed E-state index contributed by atoms with van der Waals surface area (Å²) < 4.78 is 0. The van der Waals surface area contributed by atoms with Crippen LogP contribution in [0.25, 0.3) is 0 Å². The highest BCUT2D eigenvalue weighted by atomic mass is 14.9. The fourth-order valence-corrected chi connectivity index (χ4v) is 2.47. The van der Waals surface area contributed by atoms with Crippen LogP contribution in [-0.2, 0) is 11.8 Å². The second-order valence-corrected chi connectivity index (χ2v) is 5.34. The van der Waals surface area contributed by atoms with Crippen molar-refractivity contribution >= 4 is 0 Å². The summed E-state index contributed by atoms with van der Waals surface area (Å²) in [5.41, 5.74) is 2.66. The molecule has 1 atom stereocenters. The minimum absolute atomic E-state index is 0.219. The second kappa shape index (κ2) is 5.27. The van der Waals surface area contributed by atoms with E-state index in [1.165, 1.54) is 5.56 Å². The van der Waals surface area contributed by atoms with Crippen LogP contribution in [0.5, 0.6) is 0 Å². The van der Waals surface area contributed by atoms with Gasteiger partial charge in [0, 0.05) is 12.6 Å². The highest BCUT2D eigenvalue weighted by Crippen LogP contribution is 2.35. The zero-order valence-corrected chi connectivity index (χ0v) is 11.6. The monoisotopic (exact) mass is 253 g/mol. The fraction of sp³-hybridized carbons (Fsp3) is 0.375. The Morgan fingerprint density at radius 1 is 1.42 bits per heavy atom. The van der Waals surface area contributed by atoms with E-state index < -0.39 is 5.41 Å². The van der Waals surface area contributed by atoms with Gasteiger partial charge in [0.25, 0.3) is 0 Å². The largest absolute Gasteiger partial charge is 0.351 e. The van der Waals surface area contributed by atoms with Gasteiger partial charge in [0.2, 0.25) is 0 Å². The molecular formula is C16H19N3. The molecule has 1 heterocycles. The van der Waals surface area contributed by atoms with Crippen LogP contribution in [0.15, 0.2) is 36.8 Å². The van der Waals surface area contributed by atoms with E-state index in [1.807, 2.05) is 18.3 Å². The van der Waals surface area contributed by atoms with E-state index in [4.69, 9.17) is 0 Å². The topological polar surface area (TPSA) is 52.5 Å². The van der Waals surface area contributed by atoms with Gasteiger partial charge < -0.3 is 4.98 Å². The number of rotatable bonds is 4. The number of aryl methyl sites for hydroxylation is 1. The molecule has 2 aromatic rings. The van der Waals surface area contributed by atoms with E-state index in [2.05, 4.69) is 48.9 Å². The maximum atomic E-state index is 9.80. The van der Waals surface area contributed by atoms with Crippen molar-refractivity contribution in [2.45, 2.75) is 32.6 Å². The number of nitrogens with one attached hydrogen (secondary N) is 1. The molecule has 0 fully saturated rings. The number of nitriles is 1. The first-order chi connectivity index (χ1) is 9.08. The summed E-state index contributed by atoms with van der Waals surface area (Å²) in [6, 6.07) is 10.8. The molecule has 1 aromatic carbocycles. The van der Waals surface area contributed by atoms with Gasteiger partial charge in [-0.25, -0.2) is 4.98 Å². The van der Waals surface area contributed by atoms with Gasteiger partial charge in [-0.2, -0.15) is 5.26 Å². The lowest BCUT2D eigenvalue weighted by atomic mass is 9.69. The number of nitrogens with zero attached hydrogens (tertiary/aromatic N) is 2. The highest BCUT2D eigenvalue weighted by molar-refractivity contribution is 5.37. The standard InChI is InChI=1S/C16H19N3/c1-12(2)16(10-17,8-15-9-18-11-19-15)14-6-4-5-13(3)7-14/h4-7,9,11-12H,8H2,1-3H3,(H,18,19). The Balaban J connectivity index is 2.48. The first kappa shape index (κ1) is 13.4. The van der Waals surface area contributed by atoms with Crippen molar-refractivity contribution in [1.29, 1.82) is 5.26 Å². The Morgan fingerprint density at radius 3 is 2.74 bits per heavy atom. The Hall–Kier alpha value is -2.08. The van der Waals surface area contributed by atoms with Crippen LogP contribution < -0.4 is 0 Å². The van der Waals surface area contributed by atoms with Gasteiger partial charge in [-0.05, 0) is 18.4 Å². The molecule has 3 heteroatoms. The maximum absolute atomic E-state index is 9.80. The number of aromatic nitrogens is 2. The molecule has 98 valence electrons. The molecule has 1 aromatic heterocycles. The molecule has 2 rings (SSSR count). The Bertz CT molecular complexity index is 578. The summed E-state index contributed by atoms with van der Waals surface area (Å²) in [6.45, 7) is 6.25. The molecule has 0 aliphatic heterocycles. The molecule has 19 heavy (non-hydrogen) atoms. The maximum Gasteiger partial charge on any atom is 0.0923 e. The molecule has 0 saturated carbocycles. The predicted molar refractivity (Wildman–Crippen MR) is 75.6 cm³/mol. The van der Waals surface area contributed by atoms with Gasteiger partial charge in [0.1, 0.15) is 0 Å². The average molecular weight is 253 g/mol. The molecule has 0 saturated heterocycles. The molecule has 0 amide bonds. The van der Waals surface area contributed by atoms with Gasteiger partial charge in [-0.1, -0.05) is 43.7 Å². The van der Waals surface area contributed by atoms with Crippen molar-refractivity contribution in [2.75, 3.05) is 0 Å². The minimum atomic E-state index is -0.527. The van der Waals surface area contributed by atoms with Gasteiger partial charge >= 0.3 is 0 Å². The van der Waals surface area contributed by atoms with Crippen molar-refractivity contribution < 1.29 is 0 Å².